The molecule has 0 fully saturated rings. The molecule has 0 aliphatic carbocycles. The Morgan fingerprint density at radius 2 is 1.38 bits per heavy atom. The van der Waals surface area contributed by atoms with Crippen molar-refractivity contribution in [2.45, 2.75) is 9.79 Å². The standard InChI is InChI=1S/C9H6Cl2N2O2S.C9H7ClN2O3S/c10-5-1-2-7-6(3-5)9(11)8(4-13-7)16(12,14)15;10-5-1-2-7-6(3-5)9(13)8(4-12-7)16(11,14)15/h1-4H,(H2,12,14,15);1-4H,(H,12,13)(H2,11,14,15). The summed E-state index contributed by atoms with van der Waals surface area (Å²) in [6.45, 7) is 0. The van der Waals surface area contributed by atoms with Gasteiger partial charge in [-0.15, -0.1) is 0 Å². The number of fused-ring (bicyclic) bond motifs is 2. The van der Waals surface area contributed by atoms with Crippen LogP contribution in [0, 0.1) is 0 Å². The van der Waals surface area contributed by atoms with Crippen molar-refractivity contribution in [2.24, 2.45) is 10.3 Å². The maximum atomic E-state index is 11.8. The van der Waals surface area contributed by atoms with Gasteiger partial charge in [-0.05, 0) is 36.4 Å². The lowest BCUT2D eigenvalue weighted by atomic mass is 10.2. The molecule has 9 nitrogen and oxygen atoms in total. The summed E-state index contributed by atoms with van der Waals surface area (Å²) in [5.74, 6) is 0. The van der Waals surface area contributed by atoms with Gasteiger partial charge in [0.05, 0.1) is 10.5 Å². The van der Waals surface area contributed by atoms with E-state index < -0.39 is 30.4 Å². The number of hydrogen-bond acceptors (Lipinski definition) is 6. The van der Waals surface area contributed by atoms with E-state index in [2.05, 4.69) is 9.97 Å². The van der Waals surface area contributed by atoms with E-state index in [4.69, 9.17) is 45.1 Å². The Labute approximate surface area is 197 Å². The van der Waals surface area contributed by atoms with E-state index in [9.17, 15) is 21.6 Å². The molecular formula is C18H13Cl3N4O5S2. The van der Waals surface area contributed by atoms with Crippen molar-refractivity contribution < 1.29 is 16.8 Å². The van der Waals surface area contributed by atoms with Gasteiger partial charge in [0.25, 0.3) is 0 Å². The highest BCUT2D eigenvalue weighted by Gasteiger charge is 2.16. The number of aromatic nitrogens is 2. The molecule has 0 bridgehead atoms. The molecule has 0 saturated heterocycles. The molecule has 0 saturated carbocycles. The maximum Gasteiger partial charge on any atom is 0.243 e. The number of nitrogens with one attached hydrogen (secondary N) is 1. The minimum absolute atomic E-state index is 0.0370. The lowest BCUT2D eigenvalue weighted by Gasteiger charge is -2.05. The smallest absolute Gasteiger partial charge is 0.243 e. The highest BCUT2D eigenvalue weighted by Crippen LogP contribution is 2.29. The zero-order valence-electron chi connectivity index (χ0n) is 15.7. The number of halogens is 3. The molecule has 0 spiro atoms. The number of H-pyrrole nitrogens is 1. The number of hydrogen-bond donors (Lipinski definition) is 3. The second-order valence-corrected chi connectivity index (χ2v) is 10.7. The van der Waals surface area contributed by atoms with Crippen LogP contribution in [-0.4, -0.2) is 26.8 Å². The third kappa shape index (κ3) is 5.21. The summed E-state index contributed by atoms with van der Waals surface area (Å²) in [7, 11) is -7.90. The van der Waals surface area contributed by atoms with E-state index in [1.165, 1.54) is 6.07 Å². The van der Waals surface area contributed by atoms with Crippen LogP contribution in [-0.2, 0) is 20.0 Å². The van der Waals surface area contributed by atoms with Gasteiger partial charge < -0.3 is 4.98 Å². The van der Waals surface area contributed by atoms with Gasteiger partial charge in [-0.25, -0.2) is 27.1 Å². The first kappa shape index (κ1) is 24.4. The van der Waals surface area contributed by atoms with Gasteiger partial charge in [0.2, 0.25) is 25.5 Å². The van der Waals surface area contributed by atoms with E-state index in [-0.39, 0.29) is 15.3 Å². The van der Waals surface area contributed by atoms with Crippen LogP contribution in [0.25, 0.3) is 21.8 Å². The fourth-order valence-electron chi connectivity index (χ4n) is 2.70. The third-order valence-corrected chi connectivity index (χ3v) is 6.98. The lowest BCUT2D eigenvalue weighted by Crippen LogP contribution is -2.21. The Balaban J connectivity index is 0.000000181. The van der Waals surface area contributed by atoms with Gasteiger partial charge in [-0.3, -0.25) is 9.78 Å². The molecule has 5 N–H and O–H groups in total. The van der Waals surface area contributed by atoms with Gasteiger partial charge in [-0.2, -0.15) is 0 Å². The minimum atomic E-state index is -4.02. The van der Waals surface area contributed by atoms with Crippen molar-refractivity contribution in [1.29, 1.82) is 0 Å². The molecule has 4 rings (SSSR count). The molecule has 0 aliphatic rings. The lowest BCUT2D eigenvalue weighted by molar-refractivity contribution is 0.595. The second-order valence-electron chi connectivity index (χ2n) is 6.36. The highest BCUT2D eigenvalue weighted by molar-refractivity contribution is 7.89. The van der Waals surface area contributed by atoms with Gasteiger partial charge in [0.15, 0.2) is 0 Å². The number of pyridine rings is 2. The summed E-state index contributed by atoms with van der Waals surface area (Å²) in [4.78, 5) is 17.7. The fraction of sp³-hybridized carbons (Fsp3) is 0. The number of nitrogens with two attached hydrogens (primary N) is 2. The SMILES string of the molecule is NS(=O)(=O)c1c[nH]c2ccc(Cl)cc2c1=O.NS(=O)(=O)c1cnc2ccc(Cl)cc2c1Cl. The Kier molecular flexibility index (Phi) is 6.82. The third-order valence-electron chi connectivity index (χ3n) is 4.15. The first-order valence-corrected chi connectivity index (χ1v) is 12.6. The predicted octanol–water partition coefficient (Wildman–Crippen LogP) is 3.02. The molecule has 0 unspecified atom stereocenters. The van der Waals surface area contributed by atoms with Crippen LogP contribution in [0.4, 0.5) is 0 Å². The van der Waals surface area contributed by atoms with Gasteiger partial charge in [0, 0.05) is 38.7 Å². The van der Waals surface area contributed by atoms with Crippen molar-refractivity contribution in [3.8, 4) is 0 Å². The van der Waals surface area contributed by atoms with Gasteiger partial charge in [-0.1, -0.05) is 34.8 Å². The molecule has 2 heterocycles. The number of aromatic amines is 1. The van der Waals surface area contributed by atoms with Crippen LogP contribution in [0.1, 0.15) is 0 Å². The van der Waals surface area contributed by atoms with Crippen LogP contribution in [0.3, 0.4) is 0 Å². The molecule has 0 amide bonds. The molecule has 0 atom stereocenters. The Morgan fingerprint density at radius 1 is 0.812 bits per heavy atom. The summed E-state index contributed by atoms with van der Waals surface area (Å²) in [6.07, 6.45) is 2.21. The molecule has 0 radical (unpaired) electrons. The number of rotatable bonds is 2. The molecule has 14 heteroatoms. The number of primary sulfonamides is 2. The van der Waals surface area contributed by atoms with E-state index >= 15 is 0 Å². The first-order chi connectivity index (χ1) is 14.8. The van der Waals surface area contributed by atoms with Crippen LogP contribution in [0.2, 0.25) is 15.1 Å². The molecule has 32 heavy (non-hydrogen) atoms. The van der Waals surface area contributed by atoms with E-state index in [1.807, 2.05) is 0 Å². The summed E-state index contributed by atoms with van der Waals surface area (Å²) in [6, 6.07) is 9.41. The van der Waals surface area contributed by atoms with E-state index in [0.717, 1.165) is 12.4 Å². The van der Waals surface area contributed by atoms with Gasteiger partial charge in [0.1, 0.15) is 9.79 Å². The quantitative estimate of drug-likeness (QED) is 0.357. The number of benzene rings is 2. The van der Waals surface area contributed by atoms with Crippen molar-refractivity contribution >= 4 is 76.7 Å². The zero-order chi connectivity index (χ0) is 23.8. The summed E-state index contributed by atoms with van der Waals surface area (Å²) < 4.78 is 44.6. The normalized spacial score (nSPS) is 11.9. The zero-order valence-corrected chi connectivity index (χ0v) is 19.6. The van der Waals surface area contributed by atoms with E-state index in [0.29, 0.717) is 26.5 Å². The summed E-state index contributed by atoms with van der Waals surface area (Å²) in [5, 5.41) is 11.4. The first-order valence-electron chi connectivity index (χ1n) is 8.39. The monoisotopic (exact) mass is 534 g/mol. The fourth-order valence-corrected chi connectivity index (χ4v) is 4.71. The second kappa shape index (κ2) is 8.94. The summed E-state index contributed by atoms with van der Waals surface area (Å²) >= 11 is 17.5. The molecular weight excluding hydrogens is 523 g/mol. The largest absolute Gasteiger partial charge is 0.360 e. The Bertz CT molecular complexity index is 1640. The van der Waals surface area contributed by atoms with Crippen LogP contribution >= 0.6 is 34.8 Å². The van der Waals surface area contributed by atoms with Crippen molar-refractivity contribution in [3.63, 3.8) is 0 Å². The summed E-state index contributed by atoms with van der Waals surface area (Å²) in [5.41, 5.74) is 0.405. The molecule has 2 aromatic carbocycles. The molecule has 4 aromatic rings. The predicted molar refractivity (Wildman–Crippen MR) is 124 cm³/mol. The highest BCUT2D eigenvalue weighted by atomic mass is 35.5. The van der Waals surface area contributed by atoms with Gasteiger partial charge >= 0.3 is 0 Å². The number of nitrogens with zero attached hydrogens (tertiary/aromatic N) is 1. The minimum Gasteiger partial charge on any atom is -0.360 e. The average molecular weight is 536 g/mol. The van der Waals surface area contributed by atoms with Crippen molar-refractivity contribution in [1.82, 2.24) is 9.97 Å². The Morgan fingerprint density at radius 3 is 1.97 bits per heavy atom. The molecule has 168 valence electrons. The average Bonchev–Trinajstić information content (AvgIpc) is 2.68. The van der Waals surface area contributed by atoms with Crippen molar-refractivity contribution in [2.75, 3.05) is 0 Å². The maximum absolute atomic E-state index is 11.8. The molecule has 2 aromatic heterocycles. The van der Waals surface area contributed by atoms with E-state index in [1.54, 1.807) is 30.3 Å². The number of sulfonamides is 2. The van der Waals surface area contributed by atoms with Crippen LogP contribution in [0.5, 0.6) is 0 Å². The molecule has 0 aliphatic heterocycles. The topological polar surface area (TPSA) is 166 Å². The van der Waals surface area contributed by atoms with Crippen LogP contribution in [0.15, 0.2) is 63.4 Å². The van der Waals surface area contributed by atoms with Crippen molar-refractivity contribution in [3.05, 3.63) is 74.1 Å². The van der Waals surface area contributed by atoms with Crippen LogP contribution < -0.4 is 15.7 Å². The Hall–Kier alpha value is -2.25.